The molecule has 40 valence electrons. The Kier molecular flexibility index (Phi) is 12.5. The zero-order valence-corrected chi connectivity index (χ0v) is 8.47. The van der Waals surface area contributed by atoms with Gasteiger partial charge in [0.15, 0.2) is 0 Å². The Morgan fingerprint density at radius 1 is 1.00 bits per heavy atom. The average Bonchev–Trinajstić information content (AvgIpc) is 0.811. The van der Waals surface area contributed by atoms with Gasteiger partial charge in [0.2, 0.25) is 0 Å². The van der Waals surface area contributed by atoms with Crippen molar-refractivity contribution in [3.8, 4) is 0 Å². The average molecular weight is 384 g/mol. The molecule has 0 spiro atoms. The predicted octanol–water partition coefficient (Wildman–Crippen LogP) is 1.15. The van der Waals surface area contributed by atoms with Crippen molar-refractivity contribution in [1.82, 2.24) is 0 Å². The Bertz CT molecular complexity index is 11.6. The molecule has 0 bridgehead atoms. The Balaban J connectivity index is 0. The molecule has 0 nitrogen and oxygen atoms in total. The van der Waals surface area contributed by atoms with Crippen molar-refractivity contribution in [2.75, 3.05) is 0 Å². The predicted molar refractivity (Wildman–Crippen MR) is 26.1 cm³/mol. The Labute approximate surface area is 59.2 Å². The maximum absolute atomic E-state index is 4.95. The molecule has 0 aromatic carbocycles. The van der Waals surface area contributed by atoms with Crippen molar-refractivity contribution < 1.29 is 15.2 Å². The van der Waals surface area contributed by atoms with E-state index >= 15 is 0 Å². The van der Waals surface area contributed by atoms with Gasteiger partial charge in [-0.25, -0.2) is 0 Å². The second-order valence-corrected chi connectivity index (χ2v) is 9.52. The molecule has 0 unspecified atom stereocenters. The summed E-state index contributed by atoms with van der Waals surface area (Å²) in [6.45, 7) is 0. The fourth-order valence-electron chi connectivity index (χ4n) is 0. The van der Waals surface area contributed by atoms with Crippen LogP contribution in [0.25, 0.3) is 0 Å². The summed E-state index contributed by atoms with van der Waals surface area (Å²) < 4.78 is 0. The number of hydrogen-bond donors (Lipinski definition) is 0. The Morgan fingerprint density at radius 2 is 1.00 bits per heavy atom. The number of halogens is 3. The molecular formula is H2AuCl3Se. The fraction of sp³-hybridized carbons (Fsp3) is 0. The molecule has 0 aromatic heterocycles. The second kappa shape index (κ2) is 6.13. The molecule has 0 atom stereocenters. The summed E-state index contributed by atoms with van der Waals surface area (Å²) in [6.07, 6.45) is 0. The van der Waals surface area contributed by atoms with Crippen LogP contribution in [0.4, 0.5) is 0 Å². The quantitative estimate of drug-likeness (QED) is 0.550. The second-order valence-electron chi connectivity index (χ2n) is 0.129. The molecule has 0 aliphatic heterocycles. The van der Waals surface area contributed by atoms with Crippen LogP contribution in [0.2, 0.25) is 0 Å². The van der Waals surface area contributed by atoms with Gasteiger partial charge in [-0.3, -0.25) is 0 Å². The van der Waals surface area contributed by atoms with E-state index in [0.717, 1.165) is 0 Å². The van der Waals surface area contributed by atoms with Crippen LogP contribution in [-0.2, 0) is 15.2 Å². The van der Waals surface area contributed by atoms with E-state index in [1.807, 2.05) is 0 Å². The molecule has 0 aliphatic carbocycles. The monoisotopic (exact) mass is 384 g/mol. The van der Waals surface area contributed by atoms with E-state index in [1.165, 1.54) is 0 Å². The van der Waals surface area contributed by atoms with Crippen molar-refractivity contribution in [2.45, 2.75) is 0 Å². The van der Waals surface area contributed by atoms with Crippen molar-refractivity contribution >= 4 is 44.6 Å². The summed E-state index contributed by atoms with van der Waals surface area (Å²) in [4.78, 5) is 0. The SMILES string of the molecule is [Cl][Au]([Cl])[Cl].[SeH2]. The Hall–Kier alpha value is 2.13. The van der Waals surface area contributed by atoms with Crippen LogP contribution in [0.3, 0.4) is 0 Å². The van der Waals surface area contributed by atoms with Crippen molar-refractivity contribution in [3.63, 3.8) is 0 Å². The van der Waals surface area contributed by atoms with Crippen molar-refractivity contribution in [1.29, 1.82) is 0 Å². The molecule has 0 radical (unpaired) electrons. The molecule has 0 heterocycles. The van der Waals surface area contributed by atoms with E-state index in [9.17, 15) is 0 Å². The first-order valence-electron chi connectivity index (χ1n) is 0.342. The summed E-state index contributed by atoms with van der Waals surface area (Å²) in [5, 5.41) is 0. The van der Waals surface area contributed by atoms with Crippen LogP contribution in [0, 0.1) is 0 Å². The fourth-order valence-corrected chi connectivity index (χ4v) is 0. The topological polar surface area (TPSA) is 0 Å². The molecule has 5 heteroatoms. The first-order valence-corrected chi connectivity index (χ1v) is 8.40. The van der Waals surface area contributed by atoms with Gasteiger partial charge in [-0.05, 0) is 0 Å². The molecule has 0 rings (SSSR count). The van der Waals surface area contributed by atoms with Gasteiger partial charge in [0.1, 0.15) is 0 Å². The number of hydrogen-bond acceptors (Lipinski definition) is 0. The third-order valence-electron chi connectivity index (χ3n) is 0. The molecule has 0 aromatic rings. The van der Waals surface area contributed by atoms with Crippen LogP contribution in [0.1, 0.15) is 0 Å². The Morgan fingerprint density at radius 3 is 1.00 bits per heavy atom. The summed E-state index contributed by atoms with van der Waals surface area (Å²) in [7, 11) is 14.9. The van der Waals surface area contributed by atoms with Crippen molar-refractivity contribution in [3.05, 3.63) is 0 Å². The van der Waals surface area contributed by atoms with Gasteiger partial charge in [0, 0.05) is 0 Å². The summed E-state index contributed by atoms with van der Waals surface area (Å²) in [5.74, 6) is 0. The van der Waals surface area contributed by atoms with E-state index in [1.54, 1.807) is 0 Å². The van der Waals surface area contributed by atoms with Crippen LogP contribution in [0.5, 0.6) is 0 Å². The minimum absolute atomic E-state index is 0. The zero-order valence-electron chi connectivity index (χ0n) is 1.94. The third-order valence-corrected chi connectivity index (χ3v) is 0. The first-order chi connectivity index (χ1) is 1.73. The van der Waals surface area contributed by atoms with Gasteiger partial charge in [-0.2, -0.15) is 0 Å². The van der Waals surface area contributed by atoms with Crippen LogP contribution >= 0.6 is 27.6 Å². The molecule has 0 aliphatic rings. The summed E-state index contributed by atoms with van der Waals surface area (Å²) in [6, 6.07) is 0. The minimum atomic E-state index is -1.79. The summed E-state index contributed by atoms with van der Waals surface area (Å²) >= 11 is -1.79. The van der Waals surface area contributed by atoms with E-state index < -0.39 is 15.2 Å². The standard InChI is InChI=1S/Au.3ClH.H2Se/h;3*1H;1H2/q+3;;;;/p-3. The molecule has 0 fully saturated rings. The van der Waals surface area contributed by atoms with Crippen LogP contribution in [0.15, 0.2) is 0 Å². The van der Waals surface area contributed by atoms with E-state index in [-0.39, 0.29) is 17.1 Å². The van der Waals surface area contributed by atoms with Gasteiger partial charge >= 0.3 is 59.8 Å². The summed E-state index contributed by atoms with van der Waals surface area (Å²) in [5.41, 5.74) is 0. The molecule has 0 N–H and O–H groups in total. The molecular weight excluding hydrogens is 382 g/mol. The van der Waals surface area contributed by atoms with Crippen LogP contribution in [-0.4, -0.2) is 17.1 Å². The van der Waals surface area contributed by atoms with Gasteiger partial charge in [-0.1, -0.05) is 0 Å². The maximum atomic E-state index is 4.95. The molecule has 0 saturated heterocycles. The van der Waals surface area contributed by atoms with E-state index in [4.69, 9.17) is 27.6 Å². The van der Waals surface area contributed by atoms with Gasteiger partial charge in [0.25, 0.3) is 0 Å². The molecule has 0 saturated carbocycles. The molecule has 5 heavy (non-hydrogen) atoms. The third kappa shape index (κ3) is 23.0. The van der Waals surface area contributed by atoms with Gasteiger partial charge < -0.3 is 0 Å². The van der Waals surface area contributed by atoms with E-state index in [2.05, 4.69) is 0 Å². The van der Waals surface area contributed by atoms with Crippen LogP contribution < -0.4 is 0 Å². The van der Waals surface area contributed by atoms with Gasteiger partial charge in [0.05, 0.1) is 0 Å². The number of rotatable bonds is 0. The zero-order chi connectivity index (χ0) is 3.58. The van der Waals surface area contributed by atoms with Gasteiger partial charge in [-0.15, -0.1) is 0 Å². The molecule has 0 amide bonds. The van der Waals surface area contributed by atoms with Crippen molar-refractivity contribution in [2.24, 2.45) is 0 Å². The van der Waals surface area contributed by atoms with E-state index in [0.29, 0.717) is 0 Å². The normalized spacial score (nSPS) is 9.00. The first kappa shape index (κ1) is 10.2.